The van der Waals surface area contributed by atoms with Crippen LogP contribution in [0.1, 0.15) is 34.6 Å². The molecule has 1 unspecified atom stereocenters. The van der Waals surface area contributed by atoms with E-state index in [0.717, 1.165) is 0 Å². The van der Waals surface area contributed by atoms with Crippen LogP contribution in [-0.2, 0) is 4.79 Å². The molecule has 0 aromatic heterocycles. The first-order chi connectivity index (χ1) is 5.86. The molecule has 0 rings (SSSR count). The number of nitrogens with two attached hydrogens (primary N) is 1. The zero-order valence-corrected chi connectivity index (χ0v) is 9.29. The Balaban J connectivity index is 4.19. The van der Waals surface area contributed by atoms with Gasteiger partial charge in [0.2, 0.25) is 5.91 Å². The molecule has 0 aliphatic heterocycles. The molecule has 1 amide bonds. The second kappa shape index (κ2) is 5.22. The number of hydrogen-bond acceptors (Lipinski definition) is 2. The quantitative estimate of drug-likeness (QED) is 0.691. The topological polar surface area (TPSA) is 55.1 Å². The molecule has 0 saturated carbocycles. The molecule has 0 aromatic carbocycles. The molecule has 0 aliphatic rings. The average molecular weight is 186 g/mol. The van der Waals surface area contributed by atoms with Gasteiger partial charge in [-0.3, -0.25) is 4.79 Å². The lowest BCUT2D eigenvalue weighted by atomic mass is 9.93. The predicted molar refractivity (Wildman–Crippen MR) is 55.3 cm³/mol. The zero-order valence-electron chi connectivity index (χ0n) is 9.29. The van der Waals surface area contributed by atoms with Crippen molar-refractivity contribution in [2.45, 2.75) is 46.7 Å². The Kier molecular flexibility index (Phi) is 4.99. The predicted octanol–water partition coefficient (Wildman–Crippen LogP) is 1.13. The van der Waals surface area contributed by atoms with E-state index < -0.39 is 6.04 Å². The molecule has 0 aromatic rings. The van der Waals surface area contributed by atoms with Crippen LogP contribution in [0.25, 0.3) is 0 Å². The Hall–Kier alpha value is -0.570. The van der Waals surface area contributed by atoms with E-state index in [0.29, 0.717) is 11.8 Å². The summed E-state index contributed by atoms with van der Waals surface area (Å²) < 4.78 is 0. The average Bonchev–Trinajstić information content (AvgIpc) is 1.97. The summed E-state index contributed by atoms with van der Waals surface area (Å²) >= 11 is 0. The standard InChI is InChI=1S/C10H22N2O/c1-6(2)9(7(3)4)12-10(13)8(5)11/h6-9H,11H2,1-5H3,(H,12,13). The fourth-order valence-electron chi connectivity index (χ4n) is 1.40. The summed E-state index contributed by atoms with van der Waals surface area (Å²) in [7, 11) is 0. The van der Waals surface area contributed by atoms with Crippen LogP contribution in [0, 0.1) is 11.8 Å². The van der Waals surface area contributed by atoms with Crippen molar-refractivity contribution in [3.63, 3.8) is 0 Å². The number of carbonyl (C=O) groups excluding carboxylic acids is 1. The highest BCUT2D eigenvalue weighted by Gasteiger charge is 2.20. The van der Waals surface area contributed by atoms with Crippen molar-refractivity contribution in [2.75, 3.05) is 0 Å². The summed E-state index contributed by atoms with van der Waals surface area (Å²) in [5.74, 6) is 0.831. The fraction of sp³-hybridized carbons (Fsp3) is 0.900. The molecule has 0 aliphatic carbocycles. The Bertz CT molecular complexity index is 156. The van der Waals surface area contributed by atoms with Crippen molar-refractivity contribution in [3.05, 3.63) is 0 Å². The summed E-state index contributed by atoms with van der Waals surface area (Å²) in [5.41, 5.74) is 5.47. The van der Waals surface area contributed by atoms with Gasteiger partial charge in [0.1, 0.15) is 0 Å². The van der Waals surface area contributed by atoms with Gasteiger partial charge in [-0.15, -0.1) is 0 Å². The summed E-state index contributed by atoms with van der Waals surface area (Å²) in [6.07, 6.45) is 0. The lowest BCUT2D eigenvalue weighted by Gasteiger charge is -2.26. The van der Waals surface area contributed by atoms with Crippen LogP contribution in [0.4, 0.5) is 0 Å². The number of carbonyl (C=O) groups is 1. The molecule has 3 N–H and O–H groups in total. The van der Waals surface area contributed by atoms with Gasteiger partial charge in [0.15, 0.2) is 0 Å². The first-order valence-electron chi connectivity index (χ1n) is 4.92. The third kappa shape index (κ3) is 4.27. The van der Waals surface area contributed by atoms with E-state index in [-0.39, 0.29) is 11.9 Å². The lowest BCUT2D eigenvalue weighted by Crippen LogP contribution is -2.48. The Morgan fingerprint density at radius 2 is 1.46 bits per heavy atom. The summed E-state index contributed by atoms with van der Waals surface area (Å²) in [4.78, 5) is 11.3. The molecule has 0 fully saturated rings. The van der Waals surface area contributed by atoms with Gasteiger partial charge in [-0.05, 0) is 18.8 Å². The summed E-state index contributed by atoms with van der Waals surface area (Å²) in [6, 6.07) is -0.196. The van der Waals surface area contributed by atoms with E-state index in [1.54, 1.807) is 6.92 Å². The highest BCUT2D eigenvalue weighted by molar-refractivity contribution is 5.81. The number of nitrogens with one attached hydrogen (secondary N) is 1. The molecule has 1 atom stereocenters. The molecule has 13 heavy (non-hydrogen) atoms. The Morgan fingerprint density at radius 3 is 1.69 bits per heavy atom. The minimum Gasteiger partial charge on any atom is -0.352 e. The molecule has 0 saturated heterocycles. The van der Waals surface area contributed by atoms with Gasteiger partial charge in [0, 0.05) is 6.04 Å². The van der Waals surface area contributed by atoms with Crippen LogP contribution in [0.5, 0.6) is 0 Å². The molecule has 0 heterocycles. The van der Waals surface area contributed by atoms with Crippen LogP contribution in [0.15, 0.2) is 0 Å². The molecular formula is C10H22N2O. The van der Waals surface area contributed by atoms with Gasteiger partial charge in [0.25, 0.3) is 0 Å². The highest BCUT2D eigenvalue weighted by Crippen LogP contribution is 2.11. The first kappa shape index (κ1) is 12.4. The number of hydrogen-bond donors (Lipinski definition) is 2. The maximum atomic E-state index is 11.3. The van der Waals surface area contributed by atoms with E-state index in [4.69, 9.17) is 5.73 Å². The van der Waals surface area contributed by atoms with E-state index in [2.05, 4.69) is 33.0 Å². The van der Waals surface area contributed by atoms with E-state index in [1.807, 2.05) is 0 Å². The first-order valence-corrected chi connectivity index (χ1v) is 4.92. The van der Waals surface area contributed by atoms with Crippen molar-refractivity contribution in [1.29, 1.82) is 0 Å². The fourth-order valence-corrected chi connectivity index (χ4v) is 1.40. The van der Waals surface area contributed by atoms with E-state index in [9.17, 15) is 4.79 Å². The maximum Gasteiger partial charge on any atom is 0.236 e. The largest absolute Gasteiger partial charge is 0.352 e. The van der Waals surface area contributed by atoms with E-state index in [1.165, 1.54) is 0 Å². The molecule has 0 radical (unpaired) electrons. The minimum absolute atomic E-state index is 0.0626. The molecule has 0 bridgehead atoms. The van der Waals surface area contributed by atoms with Gasteiger partial charge in [0.05, 0.1) is 6.04 Å². The van der Waals surface area contributed by atoms with Gasteiger partial charge < -0.3 is 11.1 Å². The van der Waals surface area contributed by atoms with Gasteiger partial charge in [-0.2, -0.15) is 0 Å². The smallest absolute Gasteiger partial charge is 0.236 e. The van der Waals surface area contributed by atoms with Crippen molar-refractivity contribution >= 4 is 5.91 Å². The molecular weight excluding hydrogens is 164 g/mol. The van der Waals surface area contributed by atoms with Gasteiger partial charge in [-0.25, -0.2) is 0 Å². The van der Waals surface area contributed by atoms with Crippen LogP contribution >= 0.6 is 0 Å². The minimum atomic E-state index is -0.417. The van der Waals surface area contributed by atoms with Crippen LogP contribution in [0.2, 0.25) is 0 Å². The summed E-state index contributed by atoms with van der Waals surface area (Å²) in [6.45, 7) is 10.1. The molecule has 3 heteroatoms. The normalized spacial score (nSPS) is 13.9. The van der Waals surface area contributed by atoms with Gasteiger partial charge >= 0.3 is 0 Å². The third-order valence-corrected chi connectivity index (χ3v) is 2.16. The SMILES string of the molecule is CC(N)C(=O)NC(C(C)C)C(C)C. The highest BCUT2D eigenvalue weighted by atomic mass is 16.2. The van der Waals surface area contributed by atoms with E-state index >= 15 is 0 Å². The number of amides is 1. The Morgan fingerprint density at radius 1 is 1.08 bits per heavy atom. The summed E-state index contributed by atoms with van der Waals surface area (Å²) in [5, 5.41) is 2.95. The van der Waals surface area contributed by atoms with Crippen molar-refractivity contribution in [2.24, 2.45) is 17.6 Å². The molecule has 3 nitrogen and oxygen atoms in total. The second-order valence-corrected chi connectivity index (χ2v) is 4.31. The second-order valence-electron chi connectivity index (χ2n) is 4.31. The van der Waals surface area contributed by atoms with Gasteiger partial charge in [-0.1, -0.05) is 27.7 Å². The van der Waals surface area contributed by atoms with Crippen molar-refractivity contribution in [3.8, 4) is 0 Å². The maximum absolute atomic E-state index is 11.3. The monoisotopic (exact) mass is 186 g/mol. The van der Waals surface area contributed by atoms with Crippen molar-refractivity contribution < 1.29 is 4.79 Å². The van der Waals surface area contributed by atoms with Crippen molar-refractivity contribution in [1.82, 2.24) is 5.32 Å². The molecule has 78 valence electrons. The lowest BCUT2D eigenvalue weighted by molar-refractivity contribution is -0.123. The van der Waals surface area contributed by atoms with Crippen LogP contribution < -0.4 is 11.1 Å². The third-order valence-electron chi connectivity index (χ3n) is 2.16. The Labute approximate surface area is 81.1 Å². The van der Waals surface area contributed by atoms with Crippen LogP contribution in [-0.4, -0.2) is 18.0 Å². The molecule has 0 spiro atoms. The number of rotatable bonds is 4. The zero-order chi connectivity index (χ0) is 10.6. The van der Waals surface area contributed by atoms with Crippen LogP contribution in [0.3, 0.4) is 0 Å².